The van der Waals surface area contributed by atoms with Crippen LogP contribution in [0, 0.1) is 5.92 Å². The molecule has 122 valence electrons. The third kappa shape index (κ3) is 4.23. The number of nitrogens with zero attached hydrogens (tertiary/aromatic N) is 1. The van der Waals surface area contributed by atoms with Crippen LogP contribution in [0.4, 0.5) is 4.79 Å². The van der Waals surface area contributed by atoms with Crippen LogP contribution in [0.25, 0.3) is 0 Å². The number of amides is 2. The molecule has 2 rings (SSSR count). The van der Waals surface area contributed by atoms with E-state index in [0.717, 1.165) is 19.4 Å². The quantitative estimate of drug-likeness (QED) is 0.898. The monoisotopic (exact) mass is 304 g/mol. The number of nitrogens with one attached hydrogen (secondary N) is 1. The maximum Gasteiger partial charge on any atom is 0.317 e. The molecule has 2 N–H and O–H groups in total. The van der Waals surface area contributed by atoms with Gasteiger partial charge in [0.05, 0.1) is 6.10 Å². The van der Waals surface area contributed by atoms with Gasteiger partial charge in [0.15, 0.2) is 0 Å². The third-order valence-electron chi connectivity index (χ3n) is 4.66. The van der Waals surface area contributed by atoms with Crippen LogP contribution in [0.1, 0.15) is 39.2 Å². The Balaban J connectivity index is 1.89. The topological polar surface area (TPSA) is 52.6 Å². The molecule has 0 saturated carbocycles. The molecule has 1 fully saturated rings. The molecule has 22 heavy (non-hydrogen) atoms. The summed E-state index contributed by atoms with van der Waals surface area (Å²) in [5, 5.41) is 12.8. The van der Waals surface area contributed by atoms with Gasteiger partial charge in [0.1, 0.15) is 0 Å². The lowest BCUT2D eigenvalue weighted by Gasteiger charge is -2.35. The van der Waals surface area contributed by atoms with E-state index in [1.165, 1.54) is 5.56 Å². The van der Waals surface area contributed by atoms with Gasteiger partial charge in [0.2, 0.25) is 0 Å². The SMILES string of the molecule is CC(O)C1CCCN(C(=O)NCC(C)(C)c2ccccc2)C1. The molecule has 0 aliphatic carbocycles. The number of aliphatic hydroxyl groups is 1. The van der Waals surface area contributed by atoms with Crippen molar-refractivity contribution in [3.8, 4) is 0 Å². The highest BCUT2D eigenvalue weighted by Gasteiger charge is 2.28. The maximum absolute atomic E-state index is 12.4. The highest BCUT2D eigenvalue weighted by Crippen LogP contribution is 2.23. The zero-order valence-electron chi connectivity index (χ0n) is 13.9. The van der Waals surface area contributed by atoms with Crippen LogP contribution in [-0.2, 0) is 5.41 Å². The number of likely N-dealkylation sites (tertiary alicyclic amines) is 1. The highest BCUT2D eigenvalue weighted by atomic mass is 16.3. The van der Waals surface area contributed by atoms with Gasteiger partial charge in [0.25, 0.3) is 0 Å². The fourth-order valence-corrected chi connectivity index (χ4v) is 2.99. The first kappa shape index (κ1) is 16.8. The van der Waals surface area contributed by atoms with Crippen molar-refractivity contribution in [2.75, 3.05) is 19.6 Å². The van der Waals surface area contributed by atoms with Crippen molar-refractivity contribution in [3.05, 3.63) is 35.9 Å². The minimum atomic E-state index is -0.351. The Labute approximate surface area is 133 Å². The molecule has 2 unspecified atom stereocenters. The molecule has 1 aromatic rings. The van der Waals surface area contributed by atoms with Gasteiger partial charge in [-0.2, -0.15) is 0 Å². The largest absolute Gasteiger partial charge is 0.393 e. The van der Waals surface area contributed by atoms with E-state index in [2.05, 4.69) is 31.3 Å². The number of carbonyl (C=O) groups is 1. The minimum absolute atomic E-state index is 0.0191. The van der Waals surface area contributed by atoms with Gasteiger partial charge >= 0.3 is 6.03 Å². The minimum Gasteiger partial charge on any atom is -0.393 e. The number of hydrogen-bond donors (Lipinski definition) is 2. The summed E-state index contributed by atoms with van der Waals surface area (Å²) in [6.45, 7) is 8.11. The van der Waals surface area contributed by atoms with Crippen LogP contribution < -0.4 is 5.32 Å². The summed E-state index contributed by atoms with van der Waals surface area (Å²) in [4.78, 5) is 14.2. The lowest BCUT2D eigenvalue weighted by Crippen LogP contribution is -2.49. The van der Waals surface area contributed by atoms with Crippen molar-refractivity contribution in [2.45, 2.75) is 45.1 Å². The summed E-state index contributed by atoms with van der Waals surface area (Å²) in [6, 6.07) is 10.2. The average Bonchev–Trinajstić information content (AvgIpc) is 2.53. The number of hydrogen-bond acceptors (Lipinski definition) is 2. The van der Waals surface area contributed by atoms with E-state index in [0.29, 0.717) is 13.1 Å². The number of urea groups is 1. The molecule has 1 aliphatic rings. The molecular weight excluding hydrogens is 276 g/mol. The summed E-state index contributed by atoms with van der Waals surface area (Å²) in [6.07, 6.45) is 1.61. The highest BCUT2D eigenvalue weighted by molar-refractivity contribution is 5.74. The average molecular weight is 304 g/mol. The molecule has 0 bridgehead atoms. The zero-order valence-corrected chi connectivity index (χ0v) is 13.9. The van der Waals surface area contributed by atoms with Gasteiger partial charge in [0, 0.05) is 31.0 Å². The molecule has 0 radical (unpaired) electrons. The van der Waals surface area contributed by atoms with Gasteiger partial charge in [-0.1, -0.05) is 44.2 Å². The summed E-state index contributed by atoms with van der Waals surface area (Å²) >= 11 is 0. The first-order valence-corrected chi connectivity index (χ1v) is 8.16. The molecule has 1 aliphatic heterocycles. The Kier molecular flexibility index (Phi) is 5.46. The smallest absolute Gasteiger partial charge is 0.317 e. The summed E-state index contributed by atoms with van der Waals surface area (Å²) in [5.74, 6) is 0.196. The molecule has 2 amide bonds. The van der Waals surface area contributed by atoms with E-state index >= 15 is 0 Å². The van der Waals surface area contributed by atoms with Crippen LogP contribution in [-0.4, -0.2) is 41.8 Å². The number of benzene rings is 1. The number of piperidine rings is 1. The Morgan fingerprint density at radius 2 is 2.09 bits per heavy atom. The van der Waals surface area contributed by atoms with Gasteiger partial charge in [-0.25, -0.2) is 4.79 Å². The molecule has 0 aromatic heterocycles. The first-order chi connectivity index (χ1) is 10.4. The van der Waals surface area contributed by atoms with E-state index in [-0.39, 0.29) is 23.5 Å². The van der Waals surface area contributed by atoms with Gasteiger partial charge in [-0.3, -0.25) is 0 Å². The van der Waals surface area contributed by atoms with Crippen molar-refractivity contribution in [1.82, 2.24) is 10.2 Å². The predicted molar refractivity (Wildman–Crippen MR) is 88.8 cm³/mol. The summed E-state index contributed by atoms with van der Waals surface area (Å²) in [7, 11) is 0. The third-order valence-corrected chi connectivity index (χ3v) is 4.66. The Morgan fingerprint density at radius 3 is 2.73 bits per heavy atom. The van der Waals surface area contributed by atoms with Crippen LogP contribution in [0.15, 0.2) is 30.3 Å². The van der Waals surface area contributed by atoms with Gasteiger partial charge in [-0.05, 0) is 25.3 Å². The predicted octanol–water partition coefficient (Wildman–Crippen LogP) is 2.77. The van der Waals surface area contributed by atoms with Crippen molar-refractivity contribution in [3.63, 3.8) is 0 Å². The summed E-state index contributed by atoms with van der Waals surface area (Å²) < 4.78 is 0. The molecule has 1 saturated heterocycles. The zero-order chi connectivity index (χ0) is 16.2. The molecule has 1 heterocycles. The van der Waals surface area contributed by atoms with Crippen LogP contribution in [0.2, 0.25) is 0 Å². The van der Waals surface area contributed by atoms with Crippen LogP contribution in [0.5, 0.6) is 0 Å². The van der Waals surface area contributed by atoms with E-state index in [9.17, 15) is 9.90 Å². The first-order valence-electron chi connectivity index (χ1n) is 8.16. The maximum atomic E-state index is 12.4. The Morgan fingerprint density at radius 1 is 1.41 bits per heavy atom. The second kappa shape index (κ2) is 7.14. The second-order valence-corrected chi connectivity index (χ2v) is 7.00. The molecule has 1 aromatic carbocycles. The molecule has 2 atom stereocenters. The normalized spacial score (nSPS) is 20.5. The van der Waals surface area contributed by atoms with Crippen LogP contribution >= 0.6 is 0 Å². The molecule has 0 spiro atoms. The van der Waals surface area contributed by atoms with E-state index in [1.54, 1.807) is 0 Å². The lowest BCUT2D eigenvalue weighted by atomic mass is 9.85. The fraction of sp³-hybridized carbons (Fsp3) is 0.611. The number of rotatable bonds is 4. The number of aliphatic hydroxyl groups excluding tert-OH is 1. The summed E-state index contributed by atoms with van der Waals surface area (Å²) in [5.41, 5.74) is 1.12. The lowest BCUT2D eigenvalue weighted by molar-refractivity contribution is 0.0737. The molecular formula is C18H28N2O2. The van der Waals surface area contributed by atoms with Crippen molar-refractivity contribution in [2.24, 2.45) is 5.92 Å². The van der Waals surface area contributed by atoms with Crippen molar-refractivity contribution in [1.29, 1.82) is 0 Å². The Hall–Kier alpha value is -1.55. The van der Waals surface area contributed by atoms with E-state index in [4.69, 9.17) is 0 Å². The molecule has 4 heteroatoms. The fourth-order valence-electron chi connectivity index (χ4n) is 2.99. The van der Waals surface area contributed by atoms with Gasteiger partial charge < -0.3 is 15.3 Å². The second-order valence-electron chi connectivity index (χ2n) is 7.00. The standard InChI is InChI=1S/C18H28N2O2/c1-14(21)15-8-7-11-20(12-15)17(22)19-13-18(2,3)16-9-5-4-6-10-16/h4-6,9-10,14-15,21H,7-8,11-13H2,1-3H3,(H,19,22). The van der Waals surface area contributed by atoms with E-state index in [1.807, 2.05) is 30.0 Å². The van der Waals surface area contributed by atoms with Crippen molar-refractivity contribution >= 4 is 6.03 Å². The Bertz CT molecular complexity index is 485. The van der Waals surface area contributed by atoms with Gasteiger partial charge in [-0.15, -0.1) is 0 Å². The van der Waals surface area contributed by atoms with Crippen LogP contribution in [0.3, 0.4) is 0 Å². The number of carbonyl (C=O) groups excluding carboxylic acids is 1. The van der Waals surface area contributed by atoms with E-state index < -0.39 is 0 Å². The van der Waals surface area contributed by atoms with Crippen molar-refractivity contribution < 1.29 is 9.90 Å². The molecule has 4 nitrogen and oxygen atoms in total.